The Balaban J connectivity index is 0. The number of carbonyl (C=O) groups excluding carboxylic acids is 1. The van der Waals surface area contributed by atoms with Crippen molar-refractivity contribution in [1.82, 2.24) is 0 Å². The van der Waals surface area contributed by atoms with Crippen LogP contribution in [0.1, 0.15) is 53.4 Å². The molecule has 0 aliphatic heterocycles. The van der Waals surface area contributed by atoms with Gasteiger partial charge in [0.25, 0.3) is 0 Å². The number of ether oxygens (including phenoxy) is 3. The molecule has 0 fully saturated rings. The average Bonchev–Trinajstić information content (AvgIpc) is 2.43. The number of ketones is 1. The Morgan fingerprint density at radius 3 is 1.73 bits per heavy atom. The van der Waals surface area contributed by atoms with Gasteiger partial charge in [0.15, 0.2) is 0 Å². The number of carboxylic acid groups (broad SMARTS) is 1. The Bertz CT molecular complexity index is 276. The van der Waals surface area contributed by atoms with Crippen LogP contribution in [0.15, 0.2) is 0 Å². The third kappa shape index (κ3) is 17.8. The summed E-state index contributed by atoms with van der Waals surface area (Å²) in [6.07, 6.45) is 2.66. The van der Waals surface area contributed by atoms with E-state index in [0.29, 0.717) is 6.61 Å². The fourth-order valence-electron chi connectivity index (χ4n) is 1.22. The van der Waals surface area contributed by atoms with Crippen LogP contribution in [0, 0.1) is 0 Å². The minimum absolute atomic E-state index is 0.312. The van der Waals surface area contributed by atoms with Crippen molar-refractivity contribution in [3.05, 3.63) is 0 Å². The topological polar surface area (TPSA) is 82.1 Å². The number of hydrogen-bond donors (Lipinski definition) is 1. The summed E-state index contributed by atoms with van der Waals surface area (Å²) >= 11 is 1.95. The number of Topliss-reactive ketones (excluding diaryl/α,β-unsaturated/α-hetero) is 1. The number of aliphatic carboxylic acids is 1. The monoisotopic (exact) mass is 353 g/mol. The van der Waals surface area contributed by atoms with E-state index in [0.717, 1.165) is 39.1 Å². The molecule has 0 aromatic heterocycles. The van der Waals surface area contributed by atoms with Gasteiger partial charge in [0, 0.05) is 0 Å². The van der Waals surface area contributed by atoms with Crippen molar-refractivity contribution in [2.24, 2.45) is 0 Å². The summed E-state index contributed by atoms with van der Waals surface area (Å²) in [6.45, 7) is 10.2. The first-order valence-corrected chi connectivity index (χ1v) is 8.41. The molecule has 0 atom stereocenters. The molecule has 6 nitrogen and oxygen atoms in total. The quantitative estimate of drug-likeness (QED) is 0.251. The molecule has 0 aliphatic carbocycles. The third-order valence-corrected chi connectivity index (χ3v) is 2.80. The van der Waals surface area contributed by atoms with E-state index in [4.69, 9.17) is 19.3 Å². The van der Waals surface area contributed by atoms with Gasteiger partial charge in [-0.25, -0.2) is 0 Å². The van der Waals surface area contributed by atoms with Crippen LogP contribution in [0.4, 0.5) is 0 Å². The molecule has 0 radical (unpaired) electrons. The summed E-state index contributed by atoms with van der Waals surface area (Å²) in [6, 6.07) is 0. The molecular formula is C15H29O6Ti. The van der Waals surface area contributed by atoms with Crippen molar-refractivity contribution in [3.8, 4) is 0 Å². The third-order valence-electron chi connectivity index (χ3n) is 2.12. The van der Waals surface area contributed by atoms with E-state index >= 15 is 0 Å². The molecule has 0 aromatic rings. The Morgan fingerprint density at radius 2 is 1.45 bits per heavy atom. The molecule has 22 heavy (non-hydrogen) atoms. The zero-order valence-corrected chi connectivity index (χ0v) is 15.7. The predicted molar refractivity (Wildman–Crippen MR) is 79.3 cm³/mol. The van der Waals surface area contributed by atoms with Gasteiger partial charge in [0.1, 0.15) is 12.2 Å². The summed E-state index contributed by atoms with van der Waals surface area (Å²) in [7, 11) is 0. The SMILES string of the molecule is CC(=O)CC(=O)O.CCCOC[C]([Ti])(OCCC)OCCC. The summed E-state index contributed by atoms with van der Waals surface area (Å²) in [5.41, 5.74) is 0. The van der Waals surface area contributed by atoms with E-state index in [-0.39, 0.29) is 12.2 Å². The second-order valence-electron chi connectivity index (χ2n) is 4.77. The van der Waals surface area contributed by atoms with Crippen LogP contribution < -0.4 is 0 Å². The molecule has 0 amide bonds. The van der Waals surface area contributed by atoms with Crippen molar-refractivity contribution < 1.29 is 49.3 Å². The molecule has 1 N–H and O–H groups in total. The molecule has 0 aliphatic rings. The molecular weight excluding hydrogens is 324 g/mol. The standard InChI is InChI=1S/C11H23O3.C4H6O3.Ti/c1-4-7-12-10-11(13-8-5-2)14-9-6-3;1-3(5)2-4(6)7;/h4-10H2,1-3H3;2H2,1H3,(H,6,7);. The summed E-state index contributed by atoms with van der Waals surface area (Å²) in [4.78, 5) is 19.5. The Labute approximate surface area is 145 Å². The molecule has 0 unspecified atom stereocenters. The van der Waals surface area contributed by atoms with Gasteiger partial charge in [-0.05, 0) is 6.92 Å². The molecule has 0 bridgehead atoms. The van der Waals surface area contributed by atoms with Gasteiger partial charge in [0.05, 0.1) is 0 Å². The van der Waals surface area contributed by atoms with E-state index < -0.39 is 10.1 Å². The molecule has 129 valence electrons. The number of hydrogen-bond acceptors (Lipinski definition) is 5. The van der Waals surface area contributed by atoms with Crippen molar-refractivity contribution >= 4 is 11.8 Å². The second kappa shape index (κ2) is 15.6. The van der Waals surface area contributed by atoms with Crippen LogP contribution >= 0.6 is 0 Å². The normalized spacial score (nSPS) is 10.7. The van der Waals surface area contributed by atoms with Crippen molar-refractivity contribution in [1.29, 1.82) is 0 Å². The van der Waals surface area contributed by atoms with Crippen LogP contribution in [-0.4, -0.2) is 47.4 Å². The summed E-state index contributed by atoms with van der Waals surface area (Å²) in [5.74, 6) is -1.37. The van der Waals surface area contributed by atoms with E-state index in [1.54, 1.807) is 0 Å². The van der Waals surface area contributed by atoms with Crippen molar-refractivity contribution in [2.75, 3.05) is 26.4 Å². The van der Waals surface area contributed by atoms with Gasteiger partial charge in [-0.15, -0.1) is 0 Å². The van der Waals surface area contributed by atoms with Gasteiger partial charge < -0.3 is 5.11 Å². The van der Waals surface area contributed by atoms with Crippen LogP contribution in [0.5, 0.6) is 0 Å². The Hall–Kier alpha value is -0.266. The second-order valence-corrected chi connectivity index (χ2v) is 5.96. The van der Waals surface area contributed by atoms with Crippen LogP contribution in [-0.2, 0) is 44.2 Å². The van der Waals surface area contributed by atoms with Gasteiger partial charge in [-0.2, -0.15) is 0 Å². The van der Waals surface area contributed by atoms with E-state index in [1.165, 1.54) is 6.92 Å². The van der Waals surface area contributed by atoms with Crippen LogP contribution in [0.2, 0.25) is 0 Å². The van der Waals surface area contributed by atoms with Gasteiger partial charge in [-0.3, -0.25) is 9.59 Å². The van der Waals surface area contributed by atoms with Gasteiger partial charge in [0.2, 0.25) is 0 Å². The maximum atomic E-state index is 9.87. The molecule has 0 aromatic carbocycles. The molecule has 0 saturated carbocycles. The minimum atomic E-state index is -1.06. The zero-order chi connectivity index (χ0) is 17.4. The van der Waals surface area contributed by atoms with Gasteiger partial charge >= 0.3 is 111 Å². The summed E-state index contributed by atoms with van der Waals surface area (Å²) < 4.78 is 16.3. The van der Waals surface area contributed by atoms with Crippen LogP contribution in [0.3, 0.4) is 0 Å². The number of carboxylic acids is 1. The van der Waals surface area contributed by atoms with E-state index in [9.17, 15) is 9.59 Å². The van der Waals surface area contributed by atoms with Gasteiger partial charge in [-0.1, -0.05) is 0 Å². The molecule has 7 heteroatoms. The first-order chi connectivity index (χ1) is 10.3. The number of rotatable bonds is 12. The first kappa shape index (κ1) is 24.0. The fraction of sp³-hybridized carbons (Fsp3) is 0.867. The maximum absolute atomic E-state index is 9.87. The Kier molecular flexibility index (Phi) is 17.0. The van der Waals surface area contributed by atoms with E-state index in [2.05, 4.69) is 20.8 Å². The molecule has 0 heterocycles. The molecule has 0 spiro atoms. The molecule has 0 saturated heterocycles. The average molecular weight is 353 g/mol. The van der Waals surface area contributed by atoms with Crippen molar-refractivity contribution in [2.45, 2.75) is 57.5 Å². The predicted octanol–water partition coefficient (Wildman–Crippen LogP) is 2.52. The fourth-order valence-corrected chi connectivity index (χ4v) is 1.70. The first-order valence-electron chi connectivity index (χ1n) is 7.63. The van der Waals surface area contributed by atoms with E-state index in [1.807, 2.05) is 20.4 Å². The Morgan fingerprint density at radius 1 is 1.00 bits per heavy atom. The molecule has 0 rings (SSSR count). The van der Waals surface area contributed by atoms with Crippen LogP contribution in [0.25, 0.3) is 0 Å². The zero-order valence-electron chi connectivity index (χ0n) is 14.1. The summed E-state index contributed by atoms with van der Waals surface area (Å²) in [5, 5.41) is 7.86. The van der Waals surface area contributed by atoms with Crippen molar-refractivity contribution in [3.63, 3.8) is 0 Å². The number of carbonyl (C=O) groups is 2.